The monoisotopic (exact) mass is 748 g/mol. The SMILES string of the molecule is CON=C(C(=O)NC1C(=O)N2C(C(=O)O)=C(C=Cc3scnc3C)CS[C@H]12)c1csc(NC(c2ccccc2)(c2ccccc2)c2ccccc2)n1. The second kappa shape index (κ2) is 15.0. The number of carboxylic acid groups (broad SMARTS) is 1. The Morgan fingerprint density at radius 3 is 2.12 bits per heavy atom. The minimum atomic E-state index is -1.22. The maximum absolute atomic E-state index is 13.8. The predicted molar refractivity (Wildman–Crippen MR) is 204 cm³/mol. The van der Waals surface area contributed by atoms with Crippen molar-refractivity contribution in [2.75, 3.05) is 18.2 Å². The lowest BCUT2D eigenvalue weighted by Gasteiger charge is -2.49. The van der Waals surface area contributed by atoms with Gasteiger partial charge in [0, 0.05) is 16.0 Å². The van der Waals surface area contributed by atoms with Gasteiger partial charge in [0.15, 0.2) is 10.8 Å². The van der Waals surface area contributed by atoms with Crippen molar-refractivity contribution in [3.8, 4) is 0 Å². The number of aromatic nitrogens is 2. The van der Waals surface area contributed by atoms with Crippen molar-refractivity contribution in [3.05, 3.63) is 152 Å². The van der Waals surface area contributed by atoms with Gasteiger partial charge >= 0.3 is 5.97 Å². The number of thiazole rings is 2. The zero-order valence-corrected chi connectivity index (χ0v) is 30.4. The fourth-order valence-corrected chi connectivity index (χ4v) is 9.07. The Kier molecular flexibility index (Phi) is 10.0. The highest BCUT2D eigenvalue weighted by atomic mass is 32.2. The number of allylic oxidation sites excluding steroid dienone is 1. The maximum atomic E-state index is 13.8. The van der Waals surface area contributed by atoms with E-state index in [-0.39, 0.29) is 17.1 Å². The first-order valence-corrected chi connectivity index (χ1v) is 18.9. The van der Waals surface area contributed by atoms with E-state index in [0.717, 1.165) is 27.3 Å². The van der Waals surface area contributed by atoms with Crippen LogP contribution in [0.1, 0.15) is 33.0 Å². The van der Waals surface area contributed by atoms with Crippen LogP contribution in [0.3, 0.4) is 0 Å². The van der Waals surface area contributed by atoms with Crippen LogP contribution in [0.5, 0.6) is 0 Å². The summed E-state index contributed by atoms with van der Waals surface area (Å²) in [4.78, 5) is 55.8. The molecule has 1 unspecified atom stereocenters. The number of amides is 2. The number of oxime groups is 1. The lowest BCUT2D eigenvalue weighted by atomic mass is 9.77. The number of benzene rings is 3. The molecule has 1 saturated heterocycles. The molecule has 2 aliphatic rings. The molecule has 0 spiro atoms. The summed E-state index contributed by atoms with van der Waals surface area (Å²) in [6.07, 6.45) is 3.52. The summed E-state index contributed by atoms with van der Waals surface area (Å²) < 4.78 is 0. The van der Waals surface area contributed by atoms with Gasteiger partial charge in [0.1, 0.15) is 35.5 Å². The Bertz CT molecular complexity index is 2100. The first-order valence-electron chi connectivity index (χ1n) is 16.1. The fourth-order valence-electron chi connectivity index (χ4n) is 6.31. The third kappa shape index (κ3) is 6.51. The van der Waals surface area contributed by atoms with Crippen LogP contribution >= 0.6 is 34.4 Å². The number of carbonyl (C=O) groups excluding carboxylic acids is 2. The van der Waals surface area contributed by atoms with Crippen LogP contribution in [0, 0.1) is 6.92 Å². The number of nitrogens with zero attached hydrogens (tertiary/aromatic N) is 4. The molecule has 2 aliphatic heterocycles. The molecule has 52 heavy (non-hydrogen) atoms. The second-order valence-corrected chi connectivity index (χ2v) is 14.7. The Labute approximate surface area is 311 Å². The molecular formula is C38H32N6O5S3. The van der Waals surface area contributed by atoms with Crippen molar-refractivity contribution < 1.29 is 24.3 Å². The van der Waals surface area contributed by atoms with Gasteiger partial charge in [-0.2, -0.15) is 0 Å². The minimum Gasteiger partial charge on any atom is -0.477 e. The quantitative estimate of drug-likeness (QED) is 0.0595. The van der Waals surface area contributed by atoms with E-state index < -0.39 is 34.7 Å². The van der Waals surface area contributed by atoms with Crippen LogP contribution in [-0.4, -0.2) is 67.7 Å². The summed E-state index contributed by atoms with van der Waals surface area (Å²) in [6, 6.07) is 29.2. The van der Waals surface area contributed by atoms with Crippen LogP contribution in [0.2, 0.25) is 0 Å². The molecule has 2 aromatic heterocycles. The third-order valence-electron chi connectivity index (χ3n) is 8.76. The average molecular weight is 749 g/mol. The number of carbonyl (C=O) groups is 3. The van der Waals surface area contributed by atoms with E-state index in [9.17, 15) is 19.5 Å². The lowest BCUT2D eigenvalue weighted by molar-refractivity contribution is -0.150. The van der Waals surface area contributed by atoms with Crippen LogP contribution in [0.15, 0.2) is 124 Å². The molecule has 11 nitrogen and oxygen atoms in total. The number of thioether (sulfide) groups is 1. The second-order valence-electron chi connectivity index (χ2n) is 11.8. The molecule has 7 rings (SSSR count). The molecular weight excluding hydrogens is 717 g/mol. The smallest absolute Gasteiger partial charge is 0.352 e. The van der Waals surface area contributed by atoms with E-state index in [1.165, 1.54) is 46.4 Å². The van der Waals surface area contributed by atoms with Gasteiger partial charge in [-0.05, 0) is 35.3 Å². The highest BCUT2D eigenvalue weighted by Crippen LogP contribution is 2.42. The summed E-state index contributed by atoms with van der Waals surface area (Å²) in [5.74, 6) is -2.09. The van der Waals surface area contributed by atoms with Crippen LogP contribution in [0.4, 0.5) is 5.13 Å². The molecule has 5 aromatic rings. The van der Waals surface area contributed by atoms with Crippen LogP contribution < -0.4 is 10.6 Å². The standard InChI is InChI=1S/C38H32N6O5S3/c1-23-29(52-22-39-23)19-18-24-20-50-35-31(34(46)44(35)32(24)36(47)48)41-33(45)30(43-49-2)28-21-51-37(40-28)42-38(25-12-6-3-7-13-25,26-14-8-4-9-15-26)27-16-10-5-11-17-27/h3-19,21-22,31,35H,20H2,1-2H3,(H,40,42)(H,41,45)(H,47,48)/t31?,35-/m1/s1. The highest BCUT2D eigenvalue weighted by Gasteiger charge is 2.54. The largest absolute Gasteiger partial charge is 0.477 e. The van der Waals surface area contributed by atoms with Crippen molar-refractivity contribution in [2.45, 2.75) is 23.9 Å². The Morgan fingerprint density at radius 1 is 0.962 bits per heavy atom. The van der Waals surface area contributed by atoms with E-state index in [2.05, 4.69) is 57.2 Å². The summed E-state index contributed by atoms with van der Waals surface area (Å²) in [7, 11) is 1.32. The molecule has 0 saturated carbocycles. The summed E-state index contributed by atoms with van der Waals surface area (Å²) >= 11 is 4.12. The average Bonchev–Trinajstić information content (AvgIpc) is 3.82. The van der Waals surface area contributed by atoms with E-state index in [0.29, 0.717) is 16.5 Å². The van der Waals surface area contributed by atoms with Gasteiger partial charge < -0.3 is 20.6 Å². The number of rotatable bonds is 12. The first-order chi connectivity index (χ1) is 25.3. The topological polar surface area (TPSA) is 146 Å². The zero-order valence-electron chi connectivity index (χ0n) is 27.9. The number of carboxylic acids is 1. The summed E-state index contributed by atoms with van der Waals surface area (Å²) in [6.45, 7) is 1.87. The van der Waals surface area contributed by atoms with E-state index in [1.807, 2.05) is 67.6 Å². The van der Waals surface area contributed by atoms with Gasteiger partial charge in [0.2, 0.25) is 0 Å². The normalized spacial score (nSPS) is 17.5. The van der Waals surface area contributed by atoms with Crippen LogP contribution in [0.25, 0.3) is 6.08 Å². The molecule has 0 radical (unpaired) electrons. The Balaban J connectivity index is 1.14. The minimum absolute atomic E-state index is 0.0996. The van der Waals surface area contributed by atoms with Gasteiger partial charge in [-0.1, -0.05) is 102 Å². The number of β-lactam (4-membered cyclic amide) rings is 1. The molecule has 14 heteroatoms. The third-order valence-corrected chi connectivity index (χ3v) is 11.7. The number of aryl methyl sites for hydroxylation is 1. The number of anilines is 1. The van der Waals surface area contributed by atoms with Crippen molar-refractivity contribution >= 4 is 69.1 Å². The van der Waals surface area contributed by atoms with Gasteiger partial charge in [-0.3, -0.25) is 14.5 Å². The molecule has 3 aromatic carbocycles. The van der Waals surface area contributed by atoms with Crippen molar-refractivity contribution in [1.82, 2.24) is 20.2 Å². The summed E-state index contributed by atoms with van der Waals surface area (Å²) in [5.41, 5.74) is 5.18. The van der Waals surface area contributed by atoms with Gasteiger partial charge in [-0.25, -0.2) is 14.8 Å². The van der Waals surface area contributed by atoms with E-state index >= 15 is 0 Å². The van der Waals surface area contributed by atoms with Crippen molar-refractivity contribution in [1.29, 1.82) is 0 Å². The van der Waals surface area contributed by atoms with Gasteiger partial charge in [0.25, 0.3) is 11.8 Å². The Morgan fingerprint density at radius 2 is 1.58 bits per heavy atom. The zero-order chi connectivity index (χ0) is 36.2. The Hall–Kier alpha value is -5.57. The predicted octanol–water partition coefficient (Wildman–Crippen LogP) is 6.11. The highest BCUT2D eigenvalue weighted by molar-refractivity contribution is 8.00. The number of nitrogens with one attached hydrogen (secondary N) is 2. The first kappa shape index (κ1) is 34.9. The molecule has 262 valence electrons. The molecule has 3 N–H and O–H groups in total. The fraction of sp³-hybridized carbons (Fsp3) is 0.158. The maximum Gasteiger partial charge on any atom is 0.352 e. The molecule has 2 amide bonds. The number of hydrogen-bond donors (Lipinski definition) is 3. The molecule has 0 bridgehead atoms. The van der Waals surface area contributed by atoms with Crippen LogP contribution in [-0.2, 0) is 24.8 Å². The summed E-state index contributed by atoms with van der Waals surface area (Å²) in [5, 5.41) is 22.2. The molecule has 0 aliphatic carbocycles. The van der Waals surface area contributed by atoms with E-state index in [4.69, 9.17) is 9.82 Å². The van der Waals surface area contributed by atoms with Crippen molar-refractivity contribution in [3.63, 3.8) is 0 Å². The number of fused-ring (bicyclic) bond motifs is 1. The number of hydrogen-bond acceptors (Lipinski definition) is 11. The molecule has 4 heterocycles. The number of aliphatic carboxylic acids is 1. The lowest BCUT2D eigenvalue weighted by Crippen LogP contribution is -2.71. The van der Waals surface area contributed by atoms with Gasteiger partial charge in [0.05, 0.1) is 11.2 Å². The van der Waals surface area contributed by atoms with Crippen molar-refractivity contribution in [2.24, 2.45) is 5.16 Å². The van der Waals surface area contributed by atoms with Gasteiger partial charge in [-0.15, -0.1) is 34.4 Å². The molecule has 2 atom stereocenters. The van der Waals surface area contributed by atoms with E-state index in [1.54, 1.807) is 17.0 Å². The molecule has 1 fully saturated rings.